The van der Waals surface area contributed by atoms with Crippen molar-refractivity contribution in [1.29, 1.82) is 0 Å². The van der Waals surface area contributed by atoms with Gasteiger partial charge < -0.3 is 9.84 Å². The first-order valence-electron chi connectivity index (χ1n) is 7.74. The largest absolute Gasteiger partial charge is 0.508 e. The van der Waals surface area contributed by atoms with Crippen molar-refractivity contribution in [2.75, 3.05) is 0 Å². The fourth-order valence-electron chi connectivity index (χ4n) is 2.01. The van der Waals surface area contributed by atoms with E-state index in [-0.39, 0.29) is 11.4 Å². The van der Waals surface area contributed by atoms with Crippen LogP contribution < -0.4 is 0 Å². The lowest BCUT2D eigenvalue weighted by molar-refractivity contribution is -0.384. The van der Waals surface area contributed by atoms with Gasteiger partial charge in [-0.2, -0.15) is 0 Å². The average Bonchev–Trinajstić information content (AvgIpc) is 2.64. The molecule has 0 aliphatic carbocycles. The molecule has 0 bridgehead atoms. The summed E-state index contributed by atoms with van der Waals surface area (Å²) < 4.78 is 5.61. The third-order valence-electron chi connectivity index (χ3n) is 3.28. The highest BCUT2D eigenvalue weighted by atomic mass is 16.6. The van der Waals surface area contributed by atoms with E-state index in [9.17, 15) is 10.1 Å². The molecule has 3 rings (SSSR count). The Kier molecular flexibility index (Phi) is 7.15. The van der Waals surface area contributed by atoms with Gasteiger partial charge in [-0.1, -0.05) is 60.7 Å². The minimum atomic E-state index is -0.514. The predicted molar refractivity (Wildman–Crippen MR) is 96.1 cm³/mol. The lowest BCUT2D eigenvalue weighted by atomic mass is 10.2. The summed E-state index contributed by atoms with van der Waals surface area (Å²) in [7, 11) is 0. The highest BCUT2D eigenvalue weighted by molar-refractivity contribution is 5.35. The van der Waals surface area contributed by atoms with Crippen LogP contribution in [0, 0.1) is 10.1 Å². The standard InChI is InChI=1S/C14H14O.C6H5NO3/c1-3-7-13(8-4-1)11-15-12-14-9-5-2-6-10-14;8-6-3-1-5(2-4-6)7(9)10/h1-10H,11-12H2;1-4,8H. The van der Waals surface area contributed by atoms with E-state index < -0.39 is 4.92 Å². The van der Waals surface area contributed by atoms with Gasteiger partial charge in [0.25, 0.3) is 5.69 Å². The van der Waals surface area contributed by atoms with Crippen LogP contribution in [-0.4, -0.2) is 10.0 Å². The van der Waals surface area contributed by atoms with Crippen molar-refractivity contribution in [1.82, 2.24) is 0 Å². The van der Waals surface area contributed by atoms with Gasteiger partial charge in [0.05, 0.1) is 18.1 Å². The van der Waals surface area contributed by atoms with Crippen LogP contribution in [-0.2, 0) is 18.0 Å². The molecular formula is C20H19NO4. The van der Waals surface area contributed by atoms with Crippen molar-refractivity contribution in [3.8, 4) is 5.75 Å². The quantitative estimate of drug-likeness (QED) is 0.541. The monoisotopic (exact) mass is 337 g/mol. The number of nitro groups is 1. The van der Waals surface area contributed by atoms with Crippen molar-refractivity contribution in [3.05, 3.63) is 106 Å². The van der Waals surface area contributed by atoms with Crippen molar-refractivity contribution in [2.45, 2.75) is 13.2 Å². The molecule has 0 saturated heterocycles. The van der Waals surface area contributed by atoms with Gasteiger partial charge in [-0.3, -0.25) is 10.1 Å². The molecule has 5 nitrogen and oxygen atoms in total. The van der Waals surface area contributed by atoms with E-state index >= 15 is 0 Å². The van der Waals surface area contributed by atoms with Gasteiger partial charge in [-0.15, -0.1) is 0 Å². The molecule has 0 heterocycles. The third kappa shape index (κ3) is 6.85. The van der Waals surface area contributed by atoms with E-state index in [1.807, 2.05) is 36.4 Å². The van der Waals surface area contributed by atoms with Crippen LogP contribution >= 0.6 is 0 Å². The highest BCUT2D eigenvalue weighted by Gasteiger charge is 2.01. The molecule has 0 aliphatic rings. The molecule has 0 aliphatic heterocycles. The first-order valence-corrected chi connectivity index (χ1v) is 7.74. The summed E-state index contributed by atoms with van der Waals surface area (Å²) in [5, 5.41) is 18.8. The zero-order valence-electron chi connectivity index (χ0n) is 13.6. The van der Waals surface area contributed by atoms with Crippen LogP contribution in [0.4, 0.5) is 5.69 Å². The van der Waals surface area contributed by atoms with Crippen molar-refractivity contribution in [3.63, 3.8) is 0 Å². The zero-order chi connectivity index (χ0) is 17.9. The number of rotatable bonds is 5. The maximum absolute atomic E-state index is 10.0. The fraction of sp³-hybridized carbons (Fsp3) is 0.100. The number of hydrogen-bond donors (Lipinski definition) is 1. The summed E-state index contributed by atoms with van der Waals surface area (Å²) in [6.45, 7) is 1.35. The third-order valence-corrected chi connectivity index (χ3v) is 3.28. The first-order chi connectivity index (χ1) is 12.1. The van der Waals surface area contributed by atoms with Crippen molar-refractivity contribution >= 4 is 5.69 Å². The number of hydrogen-bond acceptors (Lipinski definition) is 4. The maximum atomic E-state index is 10.0. The van der Waals surface area contributed by atoms with Crippen LogP contribution in [0.15, 0.2) is 84.9 Å². The second kappa shape index (κ2) is 9.85. The van der Waals surface area contributed by atoms with Gasteiger partial charge in [0, 0.05) is 12.1 Å². The highest BCUT2D eigenvalue weighted by Crippen LogP contribution is 2.15. The normalized spacial score (nSPS) is 9.76. The van der Waals surface area contributed by atoms with Crippen LogP contribution in [0.3, 0.4) is 0 Å². The van der Waals surface area contributed by atoms with E-state index in [2.05, 4.69) is 24.3 Å². The van der Waals surface area contributed by atoms with Crippen LogP contribution in [0.1, 0.15) is 11.1 Å². The van der Waals surface area contributed by atoms with Crippen molar-refractivity contribution in [2.24, 2.45) is 0 Å². The summed E-state index contributed by atoms with van der Waals surface area (Å²) in [4.78, 5) is 9.52. The van der Waals surface area contributed by atoms with E-state index in [0.29, 0.717) is 13.2 Å². The molecule has 0 fully saturated rings. The number of non-ortho nitro benzene ring substituents is 1. The van der Waals surface area contributed by atoms with Gasteiger partial charge in [-0.25, -0.2) is 0 Å². The number of aromatic hydroxyl groups is 1. The van der Waals surface area contributed by atoms with E-state index in [4.69, 9.17) is 9.84 Å². The Labute approximate surface area is 146 Å². The minimum absolute atomic E-state index is 0.0159. The number of phenols is 1. The minimum Gasteiger partial charge on any atom is -0.508 e. The van der Waals surface area contributed by atoms with Gasteiger partial charge in [0.1, 0.15) is 5.75 Å². The molecule has 3 aromatic rings. The fourth-order valence-corrected chi connectivity index (χ4v) is 2.01. The topological polar surface area (TPSA) is 72.6 Å². The van der Waals surface area contributed by atoms with E-state index in [1.54, 1.807) is 0 Å². The number of benzene rings is 3. The Morgan fingerprint density at radius 3 is 1.60 bits per heavy atom. The molecule has 3 aromatic carbocycles. The van der Waals surface area contributed by atoms with Crippen LogP contribution in [0.2, 0.25) is 0 Å². The Morgan fingerprint density at radius 1 is 0.760 bits per heavy atom. The smallest absolute Gasteiger partial charge is 0.269 e. The molecule has 1 N–H and O–H groups in total. The number of nitro benzene ring substituents is 1. The molecule has 0 radical (unpaired) electrons. The molecule has 0 unspecified atom stereocenters. The number of phenolic OH excluding ortho intramolecular Hbond substituents is 1. The Bertz CT molecular complexity index is 719. The van der Waals surface area contributed by atoms with E-state index in [1.165, 1.54) is 35.4 Å². The Morgan fingerprint density at radius 2 is 1.20 bits per heavy atom. The number of ether oxygens (including phenoxy) is 1. The molecule has 0 atom stereocenters. The molecular weight excluding hydrogens is 318 g/mol. The molecule has 0 spiro atoms. The second-order valence-electron chi connectivity index (χ2n) is 5.24. The summed E-state index contributed by atoms with van der Waals surface area (Å²) in [5.41, 5.74) is 2.42. The van der Waals surface area contributed by atoms with E-state index in [0.717, 1.165) is 0 Å². The summed E-state index contributed by atoms with van der Waals surface area (Å²) in [6.07, 6.45) is 0. The zero-order valence-corrected chi connectivity index (χ0v) is 13.6. The van der Waals surface area contributed by atoms with Crippen LogP contribution in [0.25, 0.3) is 0 Å². The molecule has 0 amide bonds. The lowest BCUT2D eigenvalue weighted by Crippen LogP contribution is -1.93. The van der Waals surface area contributed by atoms with Gasteiger partial charge >= 0.3 is 0 Å². The van der Waals surface area contributed by atoms with Gasteiger partial charge in [0.2, 0.25) is 0 Å². The van der Waals surface area contributed by atoms with Gasteiger partial charge in [-0.05, 0) is 23.3 Å². The molecule has 5 heteroatoms. The lowest BCUT2D eigenvalue weighted by Gasteiger charge is -2.03. The maximum Gasteiger partial charge on any atom is 0.269 e. The summed E-state index contributed by atoms with van der Waals surface area (Å²) >= 11 is 0. The summed E-state index contributed by atoms with van der Waals surface area (Å²) in [6, 6.07) is 25.5. The molecule has 0 saturated carbocycles. The first kappa shape index (κ1) is 18.2. The van der Waals surface area contributed by atoms with Gasteiger partial charge in [0.15, 0.2) is 0 Å². The van der Waals surface area contributed by atoms with Crippen LogP contribution in [0.5, 0.6) is 5.75 Å². The molecule has 25 heavy (non-hydrogen) atoms. The molecule has 128 valence electrons. The average molecular weight is 337 g/mol. The molecule has 0 aromatic heterocycles. The number of nitrogens with zero attached hydrogens (tertiary/aromatic N) is 1. The Balaban J connectivity index is 0.000000196. The second-order valence-corrected chi connectivity index (χ2v) is 5.24. The Hall–Kier alpha value is -3.18. The summed E-state index contributed by atoms with van der Waals surface area (Å²) in [5.74, 6) is 0.0330. The SMILES string of the molecule is O=[N+]([O-])c1ccc(O)cc1.c1ccc(COCc2ccccc2)cc1. The van der Waals surface area contributed by atoms with Crippen molar-refractivity contribution < 1.29 is 14.8 Å². The predicted octanol–water partition coefficient (Wildman–Crippen LogP) is 4.70.